The Labute approximate surface area is 96.6 Å². The van der Waals surface area contributed by atoms with Crippen LogP contribution >= 0.6 is 11.6 Å². The molecule has 0 N–H and O–H groups in total. The van der Waals surface area contributed by atoms with Crippen molar-refractivity contribution >= 4 is 17.3 Å². The van der Waals surface area contributed by atoms with E-state index in [0.29, 0.717) is 11.3 Å². The summed E-state index contributed by atoms with van der Waals surface area (Å²) in [6, 6.07) is 4.68. The van der Waals surface area contributed by atoms with Crippen molar-refractivity contribution < 1.29 is 17.9 Å². The lowest BCUT2D eigenvalue weighted by Gasteiger charge is -2.20. The van der Waals surface area contributed by atoms with E-state index in [4.69, 9.17) is 11.6 Å². The van der Waals surface area contributed by atoms with Crippen LogP contribution in [0.2, 0.25) is 0 Å². The summed E-state index contributed by atoms with van der Waals surface area (Å²) in [5.74, 6) is -0.275. The smallest absolute Gasteiger partial charge is 0.403 e. The second-order valence-electron chi connectivity index (χ2n) is 3.34. The molecule has 90 valence electrons. The van der Waals surface area contributed by atoms with Crippen molar-refractivity contribution in [1.29, 1.82) is 0 Å². The summed E-state index contributed by atoms with van der Waals surface area (Å²) in [5.41, 5.74) is 0.653. The highest BCUT2D eigenvalue weighted by atomic mass is 35.5. The molecule has 0 amide bonds. The molecular weight excluding hydrogens is 243 g/mol. The van der Waals surface area contributed by atoms with Crippen LogP contribution in [-0.4, -0.2) is 20.5 Å². The maximum atomic E-state index is 12.2. The van der Waals surface area contributed by atoms with Crippen LogP contribution in [0.3, 0.4) is 0 Å². The minimum atomic E-state index is -4.72. The van der Waals surface area contributed by atoms with Crippen LogP contribution in [-0.2, 0) is 5.88 Å². The van der Waals surface area contributed by atoms with Gasteiger partial charge in [0.25, 0.3) is 0 Å². The van der Waals surface area contributed by atoms with Crippen LogP contribution in [0.5, 0.6) is 5.75 Å². The fourth-order valence-electron chi connectivity index (χ4n) is 1.26. The molecule has 0 aliphatic carbocycles. The van der Waals surface area contributed by atoms with Gasteiger partial charge in [-0.1, -0.05) is 12.1 Å². The third-order valence-corrected chi connectivity index (χ3v) is 2.21. The van der Waals surface area contributed by atoms with E-state index in [1.807, 2.05) is 0 Å². The number of rotatable bonds is 3. The van der Waals surface area contributed by atoms with E-state index in [1.54, 1.807) is 20.2 Å². The first-order chi connectivity index (χ1) is 7.35. The molecule has 1 rings (SSSR count). The number of para-hydroxylation sites is 1. The van der Waals surface area contributed by atoms with Gasteiger partial charge in [-0.2, -0.15) is 0 Å². The molecule has 0 aliphatic rings. The Balaban J connectivity index is 3.20. The Morgan fingerprint density at radius 3 is 2.38 bits per heavy atom. The number of nitrogens with zero attached hydrogens (tertiary/aromatic N) is 1. The summed E-state index contributed by atoms with van der Waals surface area (Å²) < 4.78 is 40.6. The minimum Gasteiger partial charge on any atom is -0.403 e. The number of ether oxygens (including phenoxy) is 1. The van der Waals surface area contributed by atoms with Gasteiger partial charge in [0, 0.05) is 19.7 Å². The molecule has 0 radical (unpaired) electrons. The fraction of sp³-hybridized carbons (Fsp3) is 0.400. The maximum Gasteiger partial charge on any atom is 0.573 e. The van der Waals surface area contributed by atoms with Gasteiger partial charge in [-0.3, -0.25) is 0 Å². The number of alkyl halides is 4. The highest BCUT2D eigenvalue weighted by Gasteiger charge is 2.33. The third kappa shape index (κ3) is 3.20. The lowest BCUT2D eigenvalue weighted by atomic mass is 10.2. The molecule has 2 nitrogen and oxygen atoms in total. The zero-order valence-corrected chi connectivity index (χ0v) is 9.56. The zero-order valence-electron chi connectivity index (χ0n) is 8.81. The minimum absolute atomic E-state index is 0.0346. The SMILES string of the molecule is CN(C)c1cccc(CCl)c1OC(F)(F)F. The monoisotopic (exact) mass is 253 g/mol. The molecule has 0 atom stereocenters. The largest absolute Gasteiger partial charge is 0.573 e. The van der Waals surface area contributed by atoms with Crippen molar-refractivity contribution in [3.63, 3.8) is 0 Å². The molecule has 0 fully saturated rings. The maximum absolute atomic E-state index is 12.2. The van der Waals surface area contributed by atoms with Crippen LogP contribution in [0.1, 0.15) is 5.56 Å². The molecular formula is C10H11ClF3NO. The van der Waals surface area contributed by atoms with Gasteiger partial charge in [-0.15, -0.1) is 24.8 Å². The van der Waals surface area contributed by atoms with Crippen molar-refractivity contribution in [2.45, 2.75) is 12.2 Å². The van der Waals surface area contributed by atoms with E-state index in [0.717, 1.165) is 0 Å². The molecule has 0 saturated carbocycles. The second kappa shape index (κ2) is 4.82. The van der Waals surface area contributed by atoms with Crippen LogP contribution in [0.25, 0.3) is 0 Å². The van der Waals surface area contributed by atoms with Gasteiger partial charge in [-0.05, 0) is 6.07 Å². The topological polar surface area (TPSA) is 12.5 Å². The Kier molecular flexibility index (Phi) is 3.91. The van der Waals surface area contributed by atoms with Gasteiger partial charge in [-0.25, -0.2) is 0 Å². The van der Waals surface area contributed by atoms with E-state index in [1.165, 1.54) is 17.0 Å². The van der Waals surface area contributed by atoms with Crippen molar-refractivity contribution in [3.05, 3.63) is 23.8 Å². The van der Waals surface area contributed by atoms with E-state index >= 15 is 0 Å². The summed E-state index contributed by atoms with van der Waals surface area (Å²) >= 11 is 5.57. The molecule has 16 heavy (non-hydrogen) atoms. The quantitative estimate of drug-likeness (QED) is 0.766. The van der Waals surface area contributed by atoms with Crippen LogP contribution < -0.4 is 9.64 Å². The van der Waals surface area contributed by atoms with Crippen molar-refractivity contribution in [2.24, 2.45) is 0 Å². The van der Waals surface area contributed by atoms with Crippen molar-refractivity contribution in [2.75, 3.05) is 19.0 Å². The van der Waals surface area contributed by atoms with Gasteiger partial charge in [0.1, 0.15) is 0 Å². The van der Waals surface area contributed by atoms with E-state index < -0.39 is 6.36 Å². The van der Waals surface area contributed by atoms with Crippen molar-refractivity contribution in [1.82, 2.24) is 0 Å². The summed E-state index contributed by atoms with van der Waals surface area (Å²) in [4.78, 5) is 1.54. The highest BCUT2D eigenvalue weighted by molar-refractivity contribution is 6.17. The number of hydrogen-bond donors (Lipinski definition) is 0. The Bertz CT molecular complexity index is 366. The molecule has 0 bridgehead atoms. The number of halogens is 4. The second-order valence-corrected chi connectivity index (χ2v) is 3.61. The average molecular weight is 254 g/mol. The molecule has 0 aliphatic heterocycles. The van der Waals surface area contributed by atoms with E-state index in [2.05, 4.69) is 4.74 Å². The van der Waals surface area contributed by atoms with Crippen LogP contribution in [0.4, 0.5) is 18.9 Å². The molecule has 0 unspecified atom stereocenters. The molecule has 1 aromatic carbocycles. The average Bonchev–Trinajstić information content (AvgIpc) is 2.15. The molecule has 0 spiro atoms. The van der Waals surface area contributed by atoms with Gasteiger partial charge in [0.2, 0.25) is 0 Å². The first kappa shape index (κ1) is 13.0. The predicted octanol–water partition coefficient (Wildman–Crippen LogP) is 3.39. The number of anilines is 1. The lowest BCUT2D eigenvalue weighted by molar-refractivity contribution is -0.274. The number of benzene rings is 1. The summed E-state index contributed by atoms with van der Waals surface area (Å²) in [6.45, 7) is 0. The zero-order chi connectivity index (χ0) is 12.3. The Hall–Kier alpha value is -1.10. The fourth-order valence-corrected chi connectivity index (χ4v) is 1.47. The first-order valence-corrected chi connectivity index (χ1v) is 4.99. The molecule has 0 saturated heterocycles. The summed E-state index contributed by atoms with van der Waals surface area (Å²) in [7, 11) is 3.27. The first-order valence-electron chi connectivity index (χ1n) is 4.46. The number of hydrogen-bond acceptors (Lipinski definition) is 2. The lowest BCUT2D eigenvalue weighted by Crippen LogP contribution is -2.20. The van der Waals surface area contributed by atoms with Gasteiger partial charge < -0.3 is 9.64 Å². The summed E-state index contributed by atoms with van der Waals surface area (Å²) in [5, 5.41) is 0. The third-order valence-electron chi connectivity index (χ3n) is 1.92. The summed E-state index contributed by atoms with van der Waals surface area (Å²) in [6.07, 6.45) is -4.72. The van der Waals surface area contributed by atoms with Gasteiger partial charge in [0.05, 0.1) is 11.6 Å². The van der Waals surface area contributed by atoms with Gasteiger partial charge >= 0.3 is 6.36 Å². The van der Waals surface area contributed by atoms with E-state index in [-0.39, 0.29) is 11.6 Å². The van der Waals surface area contributed by atoms with E-state index in [9.17, 15) is 13.2 Å². The highest BCUT2D eigenvalue weighted by Crippen LogP contribution is 2.35. The van der Waals surface area contributed by atoms with Gasteiger partial charge in [0.15, 0.2) is 5.75 Å². The standard InChI is InChI=1S/C10H11ClF3NO/c1-15(2)8-5-3-4-7(6-11)9(8)16-10(12,13)14/h3-5H,6H2,1-2H3. The predicted molar refractivity (Wildman–Crippen MR) is 57.0 cm³/mol. The van der Waals surface area contributed by atoms with Crippen LogP contribution in [0.15, 0.2) is 18.2 Å². The molecule has 0 aromatic heterocycles. The normalized spacial score (nSPS) is 11.4. The Morgan fingerprint density at radius 1 is 1.31 bits per heavy atom. The van der Waals surface area contributed by atoms with Crippen molar-refractivity contribution in [3.8, 4) is 5.75 Å². The molecule has 6 heteroatoms. The van der Waals surface area contributed by atoms with Crippen LogP contribution in [0, 0.1) is 0 Å². The molecule has 0 heterocycles. The Morgan fingerprint density at radius 2 is 1.94 bits per heavy atom. The molecule has 1 aromatic rings.